The van der Waals surface area contributed by atoms with E-state index in [1.165, 1.54) is 0 Å². The van der Waals surface area contributed by atoms with Crippen molar-refractivity contribution in [3.05, 3.63) is 89.5 Å². The first-order chi connectivity index (χ1) is 14.8. The number of anilines is 1. The molecule has 0 aliphatic carbocycles. The molecule has 8 heteroatoms. The van der Waals surface area contributed by atoms with E-state index in [0.29, 0.717) is 17.7 Å². The summed E-state index contributed by atoms with van der Waals surface area (Å²) in [7, 11) is 0. The van der Waals surface area contributed by atoms with Gasteiger partial charge in [-0.2, -0.15) is 0 Å². The maximum absolute atomic E-state index is 14.3. The molecule has 3 rings (SSSR count). The molecule has 0 atom stereocenters. The van der Waals surface area contributed by atoms with Gasteiger partial charge in [0.1, 0.15) is 23.3 Å². The molecule has 0 aliphatic heterocycles. The fourth-order valence-corrected chi connectivity index (χ4v) is 2.97. The molecule has 0 aliphatic rings. The third kappa shape index (κ3) is 5.69. The van der Waals surface area contributed by atoms with E-state index in [4.69, 9.17) is 0 Å². The van der Waals surface area contributed by atoms with Crippen LogP contribution in [0, 0.1) is 23.3 Å². The minimum Gasteiger partial charge on any atom is -0.352 e. The van der Waals surface area contributed by atoms with Crippen LogP contribution in [0.4, 0.5) is 23.2 Å². The standard InChI is InChI=1S/C23H18F4N2O2/c24-15-8-9-17(19(26)12-15)23(31)28-10-4-7-21(30)29-22-18(11-16(25)13-20(22)27)14-5-2-1-3-6-14/h1-3,5-6,8-9,11-13H,4,7,10H2,(H,28,31)(H,29,30). The van der Waals surface area contributed by atoms with Gasteiger partial charge in [-0.3, -0.25) is 9.59 Å². The quantitative estimate of drug-likeness (QED) is 0.407. The molecular formula is C23H18F4N2O2. The third-order valence-corrected chi connectivity index (χ3v) is 4.45. The third-order valence-electron chi connectivity index (χ3n) is 4.45. The molecule has 2 amide bonds. The van der Waals surface area contributed by atoms with E-state index in [2.05, 4.69) is 10.6 Å². The molecule has 0 saturated heterocycles. The highest BCUT2D eigenvalue weighted by Gasteiger charge is 2.16. The van der Waals surface area contributed by atoms with Crippen LogP contribution < -0.4 is 10.6 Å². The van der Waals surface area contributed by atoms with Crippen molar-refractivity contribution >= 4 is 17.5 Å². The predicted molar refractivity (Wildman–Crippen MR) is 108 cm³/mol. The van der Waals surface area contributed by atoms with Crippen LogP contribution in [0.1, 0.15) is 23.2 Å². The van der Waals surface area contributed by atoms with Crippen molar-refractivity contribution < 1.29 is 27.2 Å². The Morgan fingerprint density at radius 2 is 1.52 bits per heavy atom. The fraction of sp³-hybridized carbons (Fsp3) is 0.130. The van der Waals surface area contributed by atoms with Gasteiger partial charge in [0.05, 0.1) is 11.3 Å². The van der Waals surface area contributed by atoms with Gasteiger partial charge in [0.2, 0.25) is 5.91 Å². The predicted octanol–water partition coefficient (Wildman–Crippen LogP) is 5.06. The molecule has 0 radical (unpaired) electrons. The number of rotatable bonds is 7. The molecule has 0 aromatic heterocycles. The maximum Gasteiger partial charge on any atom is 0.254 e. The summed E-state index contributed by atoms with van der Waals surface area (Å²) < 4.78 is 54.5. The molecule has 0 spiro atoms. The zero-order valence-corrected chi connectivity index (χ0v) is 16.2. The molecule has 3 aromatic carbocycles. The van der Waals surface area contributed by atoms with E-state index in [0.717, 1.165) is 18.2 Å². The average Bonchev–Trinajstić information content (AvgIpc) is 2.73. The summed E-state index contributed by atoms with van der Waals surface area (Å²) in [6.45, 7) is 0.0422. The Kier molecular flexibility index (Phi) is 7.02. The molecule has 31 heavy (non-hydrogen) atoms. The highest BCUT2D eigenvalue weighted by molar-refractivity contribution is 5.96. The summed E-state index contributed by atoms with van der Waals surface area (Å²) in [5.41, 5.74) is 0.276. The van der Waals surface area contributed by atoms with E-state index >= 15 is 0 Å². The van der Waals surface area contributed by atoms with Crippen LogP contribution >= 0.6 is 0 Å². The number of carbonyl (C=O) groups is 2. The molecule has 0 saturated carbocycles. The number of carbonyl (C=O) groups excluding carboxylic acids is 2. The Labute approximate surface area is 175 Å². The summed E-state index contributed by atoms with van der Waals surface area (Å²) >= 11 is 0. The Bertz CT molecular complexity index is 1100. The van der Waals surface area contributed by atoms with Crippen molar-refractivity contribution in [1.82, 2.24) is 5.32 Å². The Morgan fingerprint density at radius 1 is 0.806 bits per heavy atom. The zero-order valence-electron chi connectivity index (χ0n) is 16.2. The fourth-order valence-electron chi connectivity index (χ4n) is 2.97. The van der Waals surface area contributed by atoms with Crippen LogP contribution in [0.25, 0.3) is 11.1 Å². The number of halogens is 4. The van der Waals surface area contributed by atoms with Gasteiger partial charge in [-0.05, 0) is 30.2 Å². The lowest BCUT2D eigenvalue weighted by Gasteiger charge is -2.13. The second-order valence-electron chi connectivity index (χ2n) is 6.71. The van der Waals surface area contributed by atoms with Gasteiger partial charge in [-0.15, -0.1) is 0 Å². The van der Waals surface area contributed by atoms with Crippen molar-refractivity contribution in [2.45, 2.75) is 12.8 Å². The largest absolute Gasteiger partial charge is 0.352 e. The van der Waals surface area contributed by atoms with Crippen molar-refractivity contribution in [3.63, 3.8) is 0 Å². The second-order valence-corrected chi connectivity index (χ2v) is 6.71. The zero-order chi connectivity index (χ0) is 22.4. The van der Waals surface area contributed by atoms with Crippen molar-refractivity contribution in [2.75, 3.05) is 11.9 Å². The van der Waals surface area contributed by atoms with E-state index in [1.54, 1.807) is 30.3 Å². The normalized spacial score (nSPS) is 10.6. The highest BCUT2D eigenvalue weighted by atomic mass is 19.1. The monoisotopic (exact) mass is 430 g/mol. The van der Waals surface area contributed by atoms with E-state index in [-0.39, 0.29) is 36.2 Å². The number of nitrogens with one attached hydrogen (secondary N) is 2. The lowest BCUT2D eigenvalue weighted by Crippen LogP contribution is -2.26. The highest BCUT2D eigenvalue weighted by Crippen LogP contribution is 2.31. The van der Waals surface area contributed by atoms with Gasteiger partial charge in [0.25, 0.3) is 5.91 Å². The lowest BCUT2D eigenvalue weighted by molar-refractivity contribution is -0.116. The summed E-state index contributed by atoms with van der Waals surface area (Å²) in [5.74, 6) is -4.75. The van der Waals surface area contributed by atoms with Crippen LogP contribution in [-0.2, 0) is 4.79 Å². The molecule has 2 N–H and O–H groups in total. The van der Waals surface area contributed by atoms with Gasteiger partial charge < -0.3 is 10.6 Å². The minimum absolute atomic E-state index is 0.0422. The molecule has 0 fully saturated rings. The van der Waals surface area contributed by atoms with E-state index in [9.17, 15) is 27.2 Å². The molecular weight excluding hydrogens is 412 g/mol. The first kappa shape index (κ1) is 22.0. The SMILES string of the molecule is O=C(CCCNC(=O)c1ccc(F)cc1F)Nc1c(F)cc(F)cc1-c1ccccc1. The first-order valence-corrected chi connectivity index (χ1v) is 9.42. The van der Waals surface area contributed by atoms with Crippen LogP contribution in [0.2, 0.25) is 0 Å². The van der Waals surface area contributed by atoms with Crippen LogP contribution in [0.5, 0.6) is 0 Å². The Morgan fingerprint density at radius 3 is 2.23 bits per heavy atom. The summed E-state index contributed by atoms with van der Waals surface area (Å²) in [6, 6.07) is 12.9. The summed E-state index contributed by atoms with van der Waals surface area (Å²) in [5, 5.41) is 4.87. The molecule has 0 heterocycles. The van der Waals surface area contributed by atoms with Crippen LogP contribution in [0.15, 0.2) is 60.7 Å². The summed E-state index contributed by atoms with van der Waals surface area (Å²) in [4.78, 5) is 24.2. The number of hydrogen-bond donors (Lipinski definition) is 2. The van der Waals surface area contributed by atoms with Gasteiger partial charge >= 0.3 is 0 Å². The molecule has 160 valence electrons. The first-order valence-electron chi connectivity index (χ1n) is 9.42. The number of benzene rings is 3. The molecule has 0 unspecified atom stereocenters. The smallest absolute Gasteiger partial charge is 0.254 e. The van der Waals surface area contributed by atoms with Gasteiger partial charge in [0.15, 0.2) is 0 Å². The summed E-state index contributed by atoms with van der Waals surface area (Å²) in [6.07, 6.45) is 0.112. The average molecular weight is 430 g/mol. The number of hydrogen-bond acceptors (Lipinski definition) is 2. The van der Waals surface area contributed by atoms with Crippen LogP contribution in [0.3, 0.4) is 0 Å². The molecule has 4 nitrogen and oxygen atoms in total. The van der Waals surface area contributed by atoms with Gasteiger partial charge in [-0.25, -0.2) is 17.6 Å². The Hall–Kier alpha value is -3.68. The van der Waals surface area contributed by atoms with E-state index < -0.39 is 35.1 Å². The molecule has 3 aromatic rings. The minimum atomic E-state index is -0.990. The van der Waals surface area contributed by atoms with Crippen molar-refractivity contribution in [2.24, 2.45) is 0 Å². The van der Waals surface area contributed by atoms with Gasteiger partial charge in [0, 0.05) is 30.7 Å². The number of amides is 2. The lowest BCUT2D eigenvalue weighted by atomic mass is 10.0. The topological polar surface area (TPSA) is 58.2 Å². The molecule has 0 bridgehead atoms. The maximum atomic E-state index is 14.3. The van der Waals surface area contributed by atoms with Crippen LogP contribution in [-0.4, -0.2) is 18.4 Å². The Balaban J connectivity index is 1.58. The van der Waals surface area contributed by atoms with Crippen molar-refractivity contribution in [3.8, 4) is 11.1 Å². The van der Waals surface area contributed by atoms with Gasteiger partial charge in [-0.1, -0.05) is 30.3 Å². The second kappa shape index (κ2) is 9.88. The van der Waals surface area contributed by atoms with Crippen molar-refractivity contribution in [1.29, 1.82) is 0 Å². The van der Waals surface area contributed by atoms with E-state index in [1.807, 2.05) is 0 Å².